The highest BCUT2D eigenvalue weighted by Gasteiger charge is 2.32. The van der Waals surface area contributed by atoms with Gasteiger partial charge in [-0.25, -0.2) is 0 Å². The fourth-order valence-corrected chi connectivity index (χ4v) is 2.45. The molecular formula is C19H35N5O6. The number of rotatable bonds is 13. The zero-order valence-electron chi connectivity index (χ0n) is 18.2. The summed E-state index contributed by atoms with van der Waals surface area (Å²) in [6.07, 6.45) is 0.292. The molecule has 0 aliphatic rings. The number of aliphatic carboxylic acids is 1. The summed E-state index contributed by atoms with van der Waals surface area (Å²) in [4.78, 5) is 59.8. The molecule has 0 heterocycles. The van der Waals surface area contributed by atoms with Crippen molar-refractivity contribution < 1.29 is 29.1 Å². The van der Waals surface area contributed by atoms with Gasteiger partial charge >= 0.3 is 5.97 Å². The van der Waals surface area contributed by atoms with E-state index in [9.17, 15) is 24.0 Å². The number of carboxylic acid groups (broad SMARTS) is 1. The van der Waals surface area contributed by atoms with Crippen LogP contribution in [0.3, 0.4) is 0 Å². The van der Waals surface area contributed by atoms with E-state index in [0.29, 0.717) is 6.42 Å². The molecule has 0 radical (unpaired) electrons. The lowest BCUT2D eigenvalue weighted by Crippen LogP contribution is -2.58. The first kappa shape index (κ1) is 27.3. The van der Waals surface area contributed by atoms with Crippen LogP contribution in [0.4, 0.5) is 0 Å². The van der Waals surface area contributed by atoms with Gasteiger partial charge in [0.25, 0.3) is 0 Å². The molecule has 0 aromatic carbocycles. The standard InChI is InChI=1S/C19H35N5O6/c1-6-10(4)15(18(28)22-11(5)19(29)30)24-16(26)12(7-8-13(20)25)23-17(27)14(21)9(2)3/h9-12,14-15H,6-8,21H2,1-5H3,(H2,20,25)(H,22,28)(H,23,27)(H,24,26)(H,29,30). The number of carbonyl (C=O) groups is 5. The number of nitrogens with one attached hydrogen (secondary N) is 3. The zero-order chi connectivity index (χ0) is 23.6. The predicted octanol–water partition coefficient (Wildman–Crippen LogP) is -1.16. The van der Waals surface area contributed by atoms with E-state index in [2.05, 4.69) is 16.0 Å². The number of primary amides is 1. The molecule has 172 valence electrons. The molecule has 0 rings (SSSR count). The lowest BCUT2D eigenvalue weighted by molar-refractivity contribution is -0.142. The van der Waals surface area contributed by atoms with Crippen LogP contribution in [0, 0.1) is 11.8 Å². The molecule has 30 heavy (non-hydrogen) atoms. The van der Waals surface area contributed by atoms with Crippen molar-refractivity contribution >= 4 is 29.6 Å². The van der Waals surface area contributed by atoms with Gasteiger partial charge in [-0.05, 0) is 25.2 Å². The topological polar surface area (TPSA) is 194 Å². The summed E-state index contributed by atoms with van der Waals surface area (Å²) in [6.45, 7) is 8.33. The fourth-order valence-electron chi connectivity index (χ4n) is 2.45. The van der Waals surface area contributed by atoms with E-state index in [0.717, 1.165) is 0 Å². The average Bonchev–Trinajstić information content (AvgIpc) is 2.66. The number of hydrogen-bond donors (Lipinski definition) is 6. The summed E-state index contributed by atoms with van der Waals surface area (Å²) in [6, 6.07) is -4.17. The van der Waals surface area contributed by atoms with Crippen LogP contribution in [-0.4, -0.2) is 58.9 Å². The van der Waals surface area contributed by atoms with Gasteiger partial charge in [0.15, 0.2) is 0 Å². The monoisotopic (exact) mass is 429 g/mol. The molecule has 0 aromatic heterocycles. The Hall–Kier alpha value is -2.69. The second kappa shape index (κ2) is 12.8. The Balaban J connectivity index is 5.48. The van der Waals surface area contributed by atoms with Crippen molar-refractivity contribution in [2.75, 3.05) is 0 Å². The largest absolute Gasteiger partial charge is 0.480 e. The van der Waals surface area contributed by atoms with Crippen LogP contribution in [0.2, 0.25) is 0 Å². The van der Waals surface area contributed by atoms with Crippen LogP contribution < -0.4 is 27.4 Å². The van der Waals surface area contributed by atoms with E-state index < -0.39 is 53.8 Å². The van der Waals surface area contributed by atoms with Crippen LogP contribution in [0.5, 0.6) is 0 Å². The molecular weight excluding hydrogens is 394 g/mol. The Kier molecular flexibility index (Phi) is 11.6. The summed E-state index contributed by atoms with van der Waals surface area (Å²) >= 11 is 0. The first-order valence-corrected chi connectivity index (χ1v) is 9.99. The highest BCUT2D eigenvalue weighted by molar-refractivity contribution is 5.94. The number of nitrogens with two attached hydrogens (primary N) is 2. The third-order valence-corrected chi connectivity index (χ3v) is 4.86. The van der Waals surface area contributed by atoms with Gasteiger partial charge < -0.3 is 32.5 Å². The van der Waals surface area contributed by atoms with Crippen molar-refractivity contribution in [2.24, 2.45) is 23.3 Å². The van der Waals surface area contributed by atoms with Crippen LogP contribution in [0.15, 0.2) is 0 Å². The van der Waals surface area contributed by atoms with E-state index in [1.807, 2.05) is 6.92 Å². The third kappa shape index (κ3) is 9.21. The van der Waals surface area contributed by atoms with Crippen LogP contribution in [0.25, 0.3) is 0 Å². The average molecular weight is 430 g/mol. The van der Waals surface area contributed by atoms with Gasteiger partial charge in [-0.3, -0.25) is 24.0 Å². The molecule has 5 unspecified atom stereocenters. The number of hydrogen-bond acceptors (Lipinski definition) is 6. The molecule has 11 heteroatoms. The number of carboxylic acids is 1. The molecule has 0 spiro atoms. The lowest BCUT2D eigenvalue weighted by atomic mass is 9.97. The molecule has 8 N–H and O–H groups in total. The maximum Gasteiger partial charge on any atom is 0.325 e. The van der Waals surface area contributed by atoms with E-state index in [1.165, 1.54) is 6.92 Å². The molecule has 0 aliphatic heterocycles. The minimum Gasteiger partial charge on any atom is -0.480 e. The summed E-state index contributed by atoms with van der Waals surface area (Å²) < 4.78 is 0. The minimum atomic E-state index is -1.22. The first-order chi connectivity index (χ1) is 13.8. The van der Waals surface area contributed by atoms with Crippen molar-refractivity contribution in [1.29, 1.82) is 0 Å². The van der Waals surface area contributed by atoms with Gasteiger partial charge in [-0.2, -0.15) is 0 Å². The van der Waals surface area contributed by atoms with E-state index >= 15 is 0 Å². The summed E-state index contributed by atoms with van der Waals surface area (Å²) in [5, 5.41) is 16.4. The Morgan fingerprint density at radius 3 is 1.90 bits per heavy atom. The van der Waals surface area contributed by atoms with Crippen molar-refractivity contribution in [3.8, 4) is 0 Å². The van der Waals surface area contributed by atoms with Gasteiger partial charge in [0.1, 0.15) is 18.1 Å². The highest BCUT2D eigenvalue weighted by atomic mass is 16.4. The van der Waals surface area contributed by atoms with Crippen molar-refractivity contribution in [3.05, 3.63) is 0 Å². The smallest absolute Gasteiger partial charge is 0.325 e. The summed E-state index contributed by atoms with van der Waals surface area (Å²) in [7, 11) is 0. The molecule has 4 amide bonds. The SMILES string of the molecule is CCC(C)C(NC(=O)C(CCC(N)=O)NC(=O)C(N)C(C)C)C(=O)NC(C)C(=O)O. The molecule has 11 nitrogen and oxygen atoms in total. The van der Waals surface area contributed by atoms with Crippen molar-refractivity contribution in [3.63, 3.8) is 0 Å². The molecule has 0 saturated carbocycles. The second-order valence-corrected chi connectivity index (χ2v) is 7.78. The third-order valence-electron chi connectivity index (χ3n) is 4.86. The van der Waals surface area contributed by atoms with E-state index in [4.69, 9.17) is 16.6 Å². The maximum absolute atomic E-state index is 12.8. The Morgan fingerprint density at radius 1 is 0.900 bits per heavy atom. The lowest BCUT2D eigenvalue weighted by Gasteiger charge is -2.28. The molecule has 0 fully saturated rings. The molecule has 0 aliphatic carbocycles. The van der Waals surface area contributed by atoms with E-state index in [1.54, 1.807) is 20.8 Å². The minimum absolute atomic E-state index is 0.0713. The van der Waals surface area contributed by atoms with Crippen LogP contribution in [-0.2, 0) is 24.0 Å². The highest BCUT2D eigenvalue weighted by Crippen LogP contribution is 2.10. The second-order valence-electron chi connectivity index (χ2n) is 7.78. The van der Waals surface area contributed by atoms with Gasteiger partial charge in [0, 0.05) is 6.42 Å². The van der Waals surface area contributed by atoms with Gasteiger partial charge in [0.2, 0.25) is 23.6 Å². The van der Waals surface area contributed by atoms with Crippen molar-refractivity contribution in [1.82, 2.24) is 16.0 Å². The molecule has 0 saturated heterocycles. The Morgan fingerprint density at radius 2 is 1.47 bits per heavy atom. The van der Waals surface area contributed by atoms with Crippen LogP contribution >= 0.6 is 0 Å². The predicted molar refractivity (Wildman–Crippen MR) is 110 cm³/mol. The quantitative estimate of drug-likeness (QED) is 0.212. The Bertz CT molecular complexity index is 639. The van der Waals surface area contributed by atoms with Crippen LogP contribution in [0.1, 0.15) is 53.9 Å². The first-order valence-electron chi connectivity index (χ1n) is 9.99. The number of carbonyl (C=O) groups excluding carboxylic acids is 4. The van der Waals surface area contributed by atoms with Crippen molar-refractivity contribution in [2.45, 2.75) is 78.0 Å². The Labute approximate surface area is 176 Å². The number of amides is 4. The fraction of sp³-hybridized carbons (Fsp3) is 0.737. The molecule has 0 aromatic rings. The molecule has 0 bridgehead atoms. The maximum atomic E-state index is 12.8. The summed E-state index contributed by atoms with van der Waals surface area (Å²) in [5.74, 6) is -4.29. The van der Waals surface area contributed by atoms with Gasteiger partial charge in [-0.1, -0.05) is 34.1 Å². The van der Waals surface area contributed by atoms with Gasteiger partial charge in [0.05, 0.1) is 6.04 Å². The van der Waals surface area contributed by atoms with Gasteiger partial charge in [-0.15, -0.1) is 0 Å². The van der Waals surface area contributed by atoms with E-state index in [-0.39, 0.29) is 24.7 Å². The normalized spacial score (nSPS) is 16.0. The zero-order valence-corrected chi connectivity index (χ0v) is 18.2. The molecule has 5 atom stereocenters. The summed E-state index contributed by atoms with van der Waals surface area (Å²) in [5.41, 5.74) is 11.0.